The predicted octanol–water partition coefficient (Wildman–Crippen LogP) is 2.42. The average molecular weight is 296 g/mol. The molecule has 5 nitrogen and oxygen atoms in total. The summed E-state index contributed by atoms with van der Waals surface area (Å²) in [6, 6.07) is 7.71. The third kappa shape index (κ3) is 3.61. The smallest absolute Gasteiger partial charge is 0.223 e. The normalized spacial score (nSPS) is 17.4. The maximum Gasteiger partial charge on any atom is 0.223 e. The summed E-state index contributed by atoms with van der Waals surface area (Å²) in [5.74, 6) is 0.285. The number of amides is 1. The van der Waals surface area contributed by atoms with Crippen LogP contribution in [0.25, 0.3) is 11.4 Å². The number of nitrogens with one attached hydrogen (secondary N) is 1. The summed E-state index contributed by atoms with van der Waals surface area (Å²) < 4.78 is 1.84. The number of pyridine rings is 1. The van der Waals surface area contributed by atoms with Crippen LogP contribution in [0.4, 0.5) is 0 Å². The molecular weight excluding hydrogens is 276 g/mol. The van der Waals surface area contributed by atoms with Crippen LogP contribution in [0.1, 0.15) is 19.3 Å². The zero-order chi connectivity index (χ0) is 15.2. The SMILES string of the molecule is O=C(NCCn1ccc(-c2ccccn2)n1)C1CC=CCC1. The number of allylic oxidation sites excluding steroid dienone is 2. The molecule has 22 heavy (non-hydrogen) atoms. The van der Waals surface area contributed by atoms with Crippen LogP contribution in [-0.4, -0.2) is 27.2 Å². The van der Waals surface area contributed by atoms with Gasteiger partial charge >= 0.3 is 0 Å². The summed E-state index contributed by atoms with van der Waals surface area (Å²) in [5, 5.41) is 7.48. The highest BCUT2D eigenvalue weighted by atomic mass is 16.1. The standard InChI is InChI=1S/C17H20N4O/c22-17(14-6-2-1-3-7-14)19-11-13-21-12-9-16(20-21)15-8-4-5-10-18-15/h1-2,4-5,8-10,12,14H,3,6-7,11,13H2,(H,19,22). The predicted molar refractivity (Wildman–Crippen MR) is 84.9 cm³/mol. The molecule has 1 atom stereocenters. The molecule has 2 heterocycles. The van der Waals surface area contributed by atoms with Crippen LogP contribution in [0.5, 0.6) is 0 Å². The Bertz CT molecular complexity index is 648. The van der Waals surface area contributed by atoms with Gasteiger partial charge in [0.1, 0.15) is 5.69 Å². The molecule has 1 amide bonds. The lowest BCUT2D eigenvalue weighted by atomic mass is 9.94. The molecule has 1 N–H and O–H groups in total. The molecule has 0 bridgehead atoms. The maximum absolute atomic E-state index is 12.0. The monoisotopic (exact) mass is 296 g/mol. The van der Waals surface area contributed by atoms with Gasteiger partial charge < -0.3 is 5.32 Å². The molecule has 0 fully saturated rings. The van der Waals surface area contributed by atoms with Crippen molar-refractivity contribution in [3.63, 3.8) is 0 Å². The van der Waals surface area contributed by atoms with Gasteiger partial charge in [0.15, 0.2) is 0 Å². The van der Waals surface area contributed by atoms with Gasteiger partial charge in [-0.05, 0) is 37.5 Å². The van der Waals surface area contributed by atoms with Crippen LogP contribution in [0.15, 0.2) is 48.8 Å². The Morgan fingerprint density at radius 2 is 2.23 bits per heavy atom. The van der Waals surface area contributed by atoms with E-state index in [0.29, 0.717) is 13.1 Å². The second-order valence-electron chi connectivity index (χ2n) is 5.45. The van der Waals surface area contributed by atoms with Gasteiger partial charge in [-0.1, -0.05) is 18.2 Å². The Labute approximate surface area is 130 Å². The largest absolute Gasteiger partial charge is 0.354 e. The molecule has 1 aliphatic carbocycles. The van der Waals surface area contributed by atoms with Crippen molar-refractivity contribution in [1.29, 1.82) is 0 Å². The van der Waals surface area contributed by atoms with E-state index in [1.807, 2.05) is 35.1 Å². The minimum Gasteiger partial charge on any atom is -0.354 e. The fourth-order valence-corrected chi connectivity index (χ4v) is 2.61. The van der Waals surface area contributed by atoms with Gasteiger partial charge in [-0.2, -0.15) is 5.10 Å². The van der Waals surface area contributed by atoms with Crippen molar-refractivity contribution >= 4 is 5.91 Å². The fraction of sp³-hybridized carbons (Fsp3) is 0.353. The van der Waals surface area contributed by atoms with Crippen molar-refractivity contribution < 1.29 is 4.79 Å². The van der Waals surface area contributed by atoms with Gasteiger partial charge in [-0.25, -0.2) is 0 Å². The molecule has 0 saturated heterocycles. The van der Waals surface area contributed by atoms with Gasteiger partial charge in [0.25, 0.3) is 0 Å². The molecule has 3 rings (SSSR count). The van der Waals surface area contributed by atoms with E-state index in [1.54, 1.807) is 6.20 Å². The highest BCUT2D eigenvalue weighted by molar-refractivity contribution is 5.78. The molecule has 2 aromatic rings. The van der Waals surface area contributed by atoms with E-state index >= 15 is 0 Å². The molecule has 0 aliphatic heterocycles. The van der Waals surface area contributed by atoms with Gasteiger partial charge in [0, 0.05) is 24.9 Å². The van der Waals surface area contributed by atoms with E-state index in [4.69, 9.17) is 0 Å². The lowest BCUT2D eigenvalue weighted by molar-refractivity contribution is -0.125. The third-order valence-electron chi connectivity index (χ3n) is 3.85. The fourth-order valence-electron chi connectivity index (χ4n) is 2.61. The van der Waals surface area contributed by atoms with Gasteiger partial charge in [-0.3, -0.25) is 14.5 Å². The first-order valence-electron chi connectivity index (χ1n) is 7.70. The Kier molecular flexibility index (Phi) is 4.63. The first-order valence-corrected chi connectivity index (χ1v) is 7.70. The van der Waals surface area contributed by atoms with Crippen molar-refractivity contribution in [3.05, 3.63) is 48.8 Å². The number of hydrogen-bond donors (Lipinski definition) is 1. The summed E-state index contributed by atoms with van der Waals surface area (Å²) >= 11 is 0. The molecule has 0 spiro atoms. The summed E-state index contributed by atoms with van der Waals surface area (Å²) in [6.07, 6.45) is 10.7. The second kappa shape index (κ2) is 7.02. The van der Waals surface area contributed by atoms with Crippen LogP contribution in [0, 0.1) is 5.92 Å². The second-order valence-corrected chi connectivity index (χ2v) is 5.45. The Morgan fingerprint density at radius 1 is 1.27 bits per heavy atom. The molecule has 0 radical (unpaired) electrons. The highest BCUT2D eigenvalue weighted by Crippen LogP contribution is 2.18. The molecule has 2 aromatic heterocycles. The molecule has 1 aliphatic rings. The molecule has 1 unspecified atom stereocenters. The topological polar surface area (TPSA) is 59.8 Å². The third-order valence-corrected chi connectivity index (χ3v) is 3.85. The van der Waals surface area contributed by atoms with E-state index in [2.05, 4.69) is 27.6 Å². The molecule has 0 aromatic carbocycles. The van der Waals surface area contributed by atoms with Crippen molar-refractivity contribution in [2.45, 2.75) is 25.8 Å². The van der Waals surface area contributed by atoms with Crippen LogP contribution in [0.2, 0.25) is 0 Å². The van der Waals surface area contributed by atoms with Crippen molar-refractivity contribution in [1.82, 2.24) is 20.1 Å². The number of carbonyl (C=O) groups excluding carboxylic acids is 1. The molecule has 5 heteroatoms. The summed E-state index contributed by atoms with van der Waals surface area (Å²) in [6.45, 7) is 1.27. The van der Waals surface area contributed by atoms with Crippen molar-refractivity contribution in [2.75, 3.05) is 6.54 Å². The van der Waals surface area contributed by atoms with Crippen molar-refractivity contribution in [3.8, 4) is 11.4 Å². The minimum absolute atomic E-state index is 0.131. The molecular formula is C17H20N4O. The van der Waals surface area contributed by atoms with E-state index in [-0.39, 0.29) is 11.8 Å². The van der Waals surface area contributed by atoms with E-state index in [0.717, 1.165) is 30.7 Å². The van der Waals surface area contributed by atoms with Gasteiger partial charge in [0.05, 0.1) is 12.2 Å². The van der Waals surface area contributed by atoms with Gasteiger partial charge in [0.2, 0.25) is 5.91 Å². The van der Waals surface area contributed by atoms with Crippen LogP contribution in [0.3, 0.4) is 0 Å². The van der Waals surface area contributed by atoms with Crippen LogP contribution >= 0.6 is 0 Å². The lowest BCUT2D eigenvalue weighted by Gasteiger charge is -2.17. The minimum atomic E-state index is 0.131. The van der Waals surface area contributed by atoms with Crippen LogP contribution < -0.4 is 5.32 Å². The zero-order valence-corrected chi connectivity index (χ0v) is 12.5. The highest BCUT2D eigenvalue weighted by Gasteiger charge is 2.17. The van der Waals surface area contributed by atoms with Gasteiger partial charge in [-0.15, -0.1) is 0 Å². The van der Waals surface area contributed by atoms with Crippen molar-refractivity contribution in [2.24, 2.45) is 5.92 Å². The lowest BCUT2D eigenvalue weighted by Crippen LogP contribution is -2.33. The first-order chi connectivity index (χ1) is 10.8. The zero-order valence-electron chi connectivity index (χ0n) is 12.5. The van der Waals surface area contributed by atoms with Crippen LogP contribution in [-0.2, 0) is 11.3 Å². The Balaban J connectivity index is 1.49. The van der Waals surface area contributed by atoms with E-state index in [9.17, 15) is 4.79 Å². The summed E-state index contributed by atoms with van der Waals surface area (Å²) in [4.78, 5) is 16.3. The number of rotatable bonds is 5. The summed E-state index contributed by atoms with van der Waals surface area (Å²) in [5.41, 5.74) is 1.71. The number of aromatic nitrogens is 3. The number of hydrogen-bond acceptors (Lipinski definition) is 3. The number of carbonyl (C=O) groups is 1. The first kappa shape index (κ1) is 14.5. The molecule has 114 valence electrons. The quantitative estimate of drug-likeness (QED) is 0.862. The Hall–Kier alpha value is -2.43. The summed E-state index contributed by atoms with van der Waals surface area (Å²) in [7, 11) is 0. The van der Waals surface area contributed by atoms with E-state index < -0.39 is 0 Å². The molecule has 0 saturated carbocycles. The van der Waals surface area contributed by atoms with E-state index in [1.165, 1.54) is 0 Å². The Morgan fingerprint density at radius 3 is 3.00 bits per heavy atom. The number of nitrogens with zero attached hydrogens (tertiary/aromatic N) is 3. The maximum atomic E-state index is 12.0. The average Bonchev–Trinajstić information content (AvgIpc) is 3.05.